The van der Waals surface area contributed by atoms with Gasteiger partial charge in [-0.25, -0.2) is 4.39 Å². The summed E-state index contributed by atoms with van der Waals surface area (Å²) in [5.41, 5.74) is 0.465. The van der Waals surface area contributed by atoms with Gasteiger partial charge in [-0.3, -0.25) is 9.59 Å². The quantitative estimate of drug-likeness (QED) is 0.673. The van der Waals surface area contributed by atoms with Crippen molar-refractivity contribution in [3.63, 3.8) is 0 Å². The van der Waals surface area contributed by atoms with Crippen molar-refractivity contribution < 1.29 is 14.0 Å². The molecule has 0 aliphatic heterocycles. The molecule has 3 nitrogen and oxygen atoms in total. The Labute approximate surface area is 94.8 Å². The molecular weight excluding hydrogens is 265 g/mol. The molecule has 1 atom stereocenters. The highest BCUT2D eigenvalue weighted by Gasteiger charge is 2.24. The summed E-state index contributed by atoms with van der Waals surface area (Å²) in [6.07, 6.45) is -2.12. The Morgan fingerprint density at radius 2 is 1.93 bits per heavy atom. The number of carbonyl (C=O) groups is 2. The molecule has 5 heteroatoms. The molecule has 1 aromatic rings. The summed E-state index contributed by atoms with van der Waals surface area (Å²) in [5, 5.41) is 2.13. The molecule has 0 aliphatic rings. The third kappa shape index (κ3) is 3.43. The van der Waals surface area contributed by atoms with Crippen molar-refractivity contribution in [2.24, 2.45) is 0 Å². The standard InChI is InChI=1S/C10H9BrFNO2/c11-6-8(14)9(12)10(15)13-7-4-2-1-3-5-7/h1-5,9H,6H2,(H,13,15). The molecule has 0 saturated carbocycles. The molecule has 0 saturated heterocycles. The highest BCUT2D eigenvalue weighted by molar-refractivity contribution is 9.09. The maximum absolute atomic E-state index is 13.1. The van der Waals surface area contributed by atoms with Crippen LogP contribution in [0, 0.1) is 0 Å². The third-order valence-corrected chi connectivity index (χ3v) is 2.24. The van der Waals surface area contributed by atoms with Gasteiger partial charge in [0.25, 0.3) is 5.91 Å². The summed E-state index contributed by atoms with van der Waals surface area (Å²) in [6.45, 7) is 0. The largest absolute Gasteiger partial charge is 0.323 e. The van der Waals surface area contributed by atoms with Crippen LogP contribution in [-0.4, -0.2) is 23.2 Å². The van der Waals surface area contributed by atoms with E-state index in [2.05, 4.69) is 21.2 Å². The van der Waals surface area contributed by atoms with Gasteiger partial charge in [0.2, 0.25) is 6.17 Å². The number of hydrogen-bond donors (Lipinski definition) is 1. The Hall–Kier alpha value is -1.23. The summed E-state index contributed by atoms with van der Waals surface area (Å²) >= 11 is 2.80. The molecule has 1 amide bonds. The molecule has 1 rings (SSSR count). The fraction of sp³-hybridized carbons (Fsp3) is 0.200. The molecular formula is C10H9BrFNO2. The number of para-hydroxylation sites is 1. The number of hydrogen-bond acceptors (Lipinski definition) is 2. The summed E-state index contributed by atoms with van der Waals surface area (Å²) in [4.78, 5) is 22.0. The fourth-order valence-corrected chi connectivity index (χ4v) is 1.23. The van der Waals surface area contributed by atoms with E-state index in [0.717, 1.165) is 0 Å². The summed E-state index contributed by atoms with van der Waals surface area (Å²) in [7, 11) is 0. The second-order valence-corrected chi connectivity index (χ2v) is 3.38. The highest BCUT2D eigenvalue weighted by atomic mass is 79.9. The van der Waals surface area contributed by atoms with Crippen molar-refractivity contribution in [3.05, 3.63) is 30.3 Å². The first kappa shape index (κ1) is 11.8. The summed E-state index contributed by atoms with van der Waals surface area (Å²) < 4.78 is 13.1. The van der Waals surface area contributed by atoms with Crippen molar-refractivity contribution in [3.8, 4) is 0 Å². The van der Waals surface area contributed by atoms with Gasteiger partial charge in [-0.1, -0.05) is 34.1 Å². The average molecular weight is 274 g/mol. The van der Waals surface area contributed by atoms with Gasteiger partial charge in [-0.05, 0) is 12.1 Å². The Morgan fingerprint density at radius 3 is 2.47 bits per heavy atom. The minimum absolute atomic E-state index is 0.170. The van der Waals surface area contributed by atoms with Crippen molar-refractivity contribution in [2.45, 2.75) is 6.17 Å². The van der Waals surface area contributed by atoms with Gasteiger partial charge in [0.1, 0.15) is 0 Å². The van der Waals surface area contributed by atoms with E-state index in [-0.39, 0.29) is 5.33 Å². The van der Waals surface area contributed by atoms with E-state index in [1.165, 1.54) is 0 Å². The van der Waals surface area contributed by atoms with Gasteiger partial charge in [-0.2, -0.15) is 0 Å². The Morgan fingerprint density at radius 1 is 1.33 bits per heavy atom. The number of amides is 1. The molecule has 0 aliphatic carbocycles. The second kappa shape index (κ2) is 5.60. The maximum Gasteiger partial charge on any atom is 0.266 e. The SMILES string of the molecule is O=C(CBr)C(F)C(=O)Nc1ccccc1. The van der Waals surface area contributed by atoms with Crippen LogP contribution in [0.3, 0.4) is 0 Å². The minimum Gasteiger partial charge on any atom is -0.323 e. The number of benzene rings is 1. The zero-order valence-corrected chi connectivity index (χ0v) is 9.33. The molecule has 0 spiro atoms. The van der Waals surface area contributed by atoms with E-state index in [0.29, 0.717) is 5.69 Å². The molecule has 0 bridgehead atoms. The molecule has 1 unspecified atom stereocenters. The summed E-state index contributed by atoms with van der Waals surface area (Å²) in [6, 6.07) is 8.41. The number of ketones is 1. The molecule has 0 radical (unpaired) electrons. The van der Waals surface area contributed by atoms with E-state index in [9.17, 15) is 14.0 Å². The third-order valence-electron chi connectivity index (χ3n) is 1.69. The molecule has 15 heavy (non-hydrogen) atoms. The lowest BCUT2D eigenvalue weighted by Crippen LogP contribution is -2.32. The van der Waals surface area contributed by atoms with Gasteiger partial charge in [0.05, 0.1) is 5.33 Å². The van der Waals surface area contributed by atoms with Gasteiger partial charge in [0, 0.05) is 5.69 Å². The van der Waals surface area contributed by atoms with Gasteiger partial charge in [0.15, 0.2) is 5.78 Å². The van der Waals surface area contributed by atoms with E-state index in [1.807, 2.05) is 0 Å². The van der Waals surface area contributed by atoms with Crippen LogP contribution in [-0.2, 0) is 9.59 Å². The van der Waals surface area contributed by atoms with Crippen molar-refractivity contribution in [1.82, 2.24) is 0 Å². The number of rotatable bonds is 4. The first-order chi connectivity index (χ1) is 7.15. The van der Waals surface area contributed by atoms with Crippen LogP contribution >= 0.6 is 15.9 Å². The van der Waals surface area contributed by atoms with Crippen molar-refractivity contribution in [1.29, 1.82) is 0 Å². The van der Waals surface area contributed by atoms with Crippen LogP contribution in [0.2, 0.25) is 0 Å². The fourth-order valence-electron chi connectivity index (χ4n) is 0.941. The predicted molar refractivity (Wildman–Crippen MR) is 58.8 cm³/mol. The Balaban J connectivity index is 2.60. The van der Waals surface area contributed by atoms with E-state index < -0.39 is 17.9 Å². The molecule has 0 fully saturated rings. The van der Waals surface area contributed by atoms with Gasteiger partial charge in [-0.15, -0.1) is 0 Å². The van der Waals surface area contributed by atoms with Gasteiger partial charge < -0.3 is 5.32 Å². The van der Waals surface area contributed by atoms with E-state index in [4.69, 9.17) is 0 Å². The van der Waals surface area contributed by atoms with Crippen LogP contribution in [0.5, 0.6) is 0 Å². The van der Waals surface area contributed by atoms with Crippen LogP contribution in [0.1, 0.15) is 0 Å². The second-order valence-electron chi connectivity index (χ2n) is 2.82. The molecule has 0 aromatic heterocycles. The highest BCUT2D eigenvalue weighted by Crippen LogP contribution is 2.07. The number of anilines is 1. The molecule has 0 heterocycles. The number of alkyl halides is 2. The number of halogens is 2. The lowest BCUT2D eigenvalue weighted by atomic mass is 10.2. The number of nitrogens with one attached hydrogen (secondary N) is 1. The topological polar surface area (TPSA) is 46.2 Å². The minimum atomic E-state index is -2.12. The van der Waals surface area contributed by atoms with Crippen molar-refractivity contribution >= 4 is 33.3 Å². The summed E-state index contributed by atoms with van der Waals surface area (Å²) in [5.74, 6) is -1.73. The molecule has 1 aromatic carbocycles. The van der Waals surface area contributed by atoms with Crippen LogP contribution in [0.15, 0.2) is 30.3 Å². The van der Waals surface area contributed by atoms with E-state index in [1.54, 1.807) is 30.3 Å². The van der Waals surface area contributed by atoms with E-state index >= 15 is 0 Å². The lowest BCUT2D eigenvalue weighted by molar-refractivity contribution is -0.130. The maximum atomic E-state index is 13.1. The zero-order chi connectivity index (χ0) is 11.3. The van der Waals surface area contributed by atoms with Crippen LogP contribution in [0.4, 0.5) is 10.1 Å². The predicted octanol–water partition coefficient (Wildman–Crippen LogP) is 1.93. The van der Waals surface area contributed by atoms with Crippen LogP contribution in [0.25, 0.3) is 0 Å². The average Bonchev–Trinajstić information content (AvgIpc) is 2.28. The number of Topliss-reactive ketones (excluding diaryl/α,β-unsaturated/α-hetero) is 1. The monoisotopic (exact) mass is 273 g/mol. The Kier molecular flexibility index (Phi) is 4.42. The first-order valence-corrected chi connectivity index (χ1v) is 5.36. The zero-order valence-electron chi connectivity index (χ0n) is 7.74. The molecule has 80 valence electrons. The lowest BCUT2D eigenvalue weighted by Gasteiger charge is -2.06. The normalized spacial score (nSPS) is 11.9. The van der Waals surface area contributed by atoms with Crippen LogP contribution < -0.4 is 5.32 Å². The number of carbonyl (C=O) groups excluding carboxylic acids is 2. The Bertz CT molecular complexity index is 356. The first-order valence-electron chi connectivity index (χ1n) is 4.24. The van der Waals surface area contributed by atoms with Gasteiger partial charge >= 0.3 is 0 Å². The molecule has 1 N–H and O–H groups in total. The van der Waals surface area contributed by atoms with Crippen molar-refractivity contribution in [2.75, 3.05) is 10.6 Å². The smallest absolute Gasteiger partial charge is 0.266 e.